The molecule has 1 atom stereocenters. The van der Waals surface area contributed by atoms with Gasteiger partial charge in [0.15, 0.2) is 0 Å². The van der Waals surface area contributed by atoms with Crippen LogP contribution in [0.15, 0.2) is 45.4 Å². The van der Waals surface area contributed by atoms with Crippen LogP contribution in [0.5, 0.6) is 0 Å². The van der Waals surface area contributed by atoms with Crippen LogP contribution in [0.1, 0.15) is 46.0 Å². The molecule has 21 heavy (non-hydrogen) atoms. The normalized spacial score (nSPS) is 23.7. The molecule has 0 radical (unpaired) electrons. The summed E-state index contributed by atoms with van der Waals surface area (Å²) in [6, 6.07) is 0. The summed E-state index contributed by atoms with van der Waals surface area (Å²) >= 11 is 4.47. The third-order valence-electron chi connectivity index (χ3n) is 4.03. The van der Waals surface area contributed by atoms with Crippen molar-refractivity contribution in [1.29, 1.82) is 0 Å². The van der Waals surface area contributed by atoms with E-state index in [-0.39, 0.29) is 24.8 Å². The number of allylic oxidation sites excluding steroid dienone is 7. The summed E-state index contributed by atoms with van der Waals surface area (Å²) in [5.41, 5.74) is 3.13. The SMILES string of the molecule is CCCCSC1(CC2=[C]([Ti+2])CC=C2)CC=CC=C1C.[Cl-].[Cl-]. The molecule has 4 heteroatoms. The molecule has 0 amide bonds. The molecule has 0 aromatic heterocycles. The van der Waals surface area contributed by atoms with E-state index in [0.717, 1.165) is 6.42 Å². The molecule has 0 aliphatic heterocycles. The monoisotopic (exact) mass is 377 g/mol. The predicted molar refractivity (Wildman–Crippen MR) is 83.0 cm³/mol. The molecule has 0 bridgehead atoms. The second kappa shape index (κ2) is 10.4. The summed E-state index contributed by atoms with van der Waals surface area (Å²) in [6.45, 7) is 4.60. The first-order chi connectivity index (χ1) is 9.18. The molecule has 0 fully saturated rings. The molecule has 0 saturated carbocycles. The molecule has 0 aromatic carbocycles. The molecule has 2 rings (SSSR count). The van der Waals surface area contributed by atoms with E-state index < -0.39 is 0 Å². The van der Waals surface area contributed by atoms with Crippen LogP contribution in [0.4, 0.5) is 0 Å². The van der Waals surface area contributed by atoms with E-state index in [9.17, 15) is 0 Å². The molecule has 2 aliphatic carbocycles. The van der Waals surface area contributed by atoms with Crippen LogP contribution in [0.2, 0.25) is 0 Å². The maximum absolute atomic E-state index is 2.35. The predicted octanol–water partition coefficient (Wildman–Crippen LogP) is -0.676. The molecule has 0 aromatic rings. The van der Waals surface area contributed by atoms with Gasteiger partial charge in [-0.2, -0.15) is 0 Å². The Morgan fingerprint density at radius 3 is 2.62 bits per heavy atom. The summed E-state index contributed by atoms with van der Waals surface area (Å²) in [7, 11) is 0. The van der Waals surface area contributed by atoms with E-state index in [2.05, 4.69) is 76.4 Å². The first-order valence-corrected chi connectivity index (χ1v) is 9.02. The van der Waals surface area contributed by atoms with Crippen molar-refractivity contribution in [3.8, 4) is 0 Å². The topological polar surface area (TPSA) is 0 Å². The van der Waals surface area contributed by atoms with E-state index in [0.29, 0.717) is 4.75 Å². The van der Waals surface area contributed by atoms with Gasteiger partial charge in [-0.05, 0) is 0 Å². The Balaban J connectivity index is 0.00000200. The maximum Gasteiger partial charge on any atom is -1.00 e. The van der Waals surface area contributed by atoms with E-state index in [1.807, 2.05) is 0 Å². The quantitative estimate of drug-likeness (QED) is 0.436. The van der Waals surface area contributed by atoms with Crippen LogP contribution in [-0.2, 0) is 20.4 Å². The van der Waals surface area contributed by atoms with Gasteiger partial charge in [-0.25, -0.2) is 0 Å². The Labute approximate surface area is 158 Å². The second-order valence-electron chi connectivity index (χ2n) is 5.47. The van der Waals surface area contributed by atoms with Gasteiger partial charge in [0.25, 0.3) is 0 Å². The molecule has 0 heterocycles. The number of hydrogen-bond acceptors (Lipinski definition) is 1. The van der Waals surface area contributed by atoms with Gasteiger partial charge >= 0.3 is 134 Å². The first-order valence-electron chi connectivity index (χ1n) is 7.26. The van der Waals surface area contributed by atoms with E-state index >= 15 is 0 Å². The molecular weight excluding hydrogens is 355 g/mol. The van der Waals surface area contributed by atoms with Crippen molar-refractivity contribution in [2.45, 2.75) is 50.7 Å². The molecule has 115 valence electrons. The Morgan fingerprint density at radius 2 is 2.05 bits per heavy atom. The van der Waals surface area contributed by atoms with Gasteiger partial charge in [0.05, 0.1) is 0 Å². The van der Waals surface area contributed by atoms with Gasteiger partial charge in [-0.1, -0.05) is 0 Å². The van der Waals surface area contributed by atoms with Crippen molar-refractivity contribution >= 4 is 11.8 Å². The van der Waals surface area contributed by atoms with Crippen molar-refractivity contribution in [2.24, 2.45) is 0 Å². The maximum atomic E-state index is 2.35. The fourth-order valence-corrected chi connectivity index (χ4v) is 4.70. The Morgan fingerprint density at radius 1 is 1.29 bits per heavy atom. The second-order valence-corrected chi connectivity index (χ2v) is 7.89. The zero-order valence-corrected chi connectivity index (χ0v) is 16.7. The van der Waals surface area contributed by atoms with Gasteiger partial charge < -0.3 is 24.8 Å². The van der Waals surface area contributed by atoms with Gasteiger partial charge in [0.1, 0.15) is 0 Å². The Bertz CT molecular complexity index is 452. The van der Waals surface area contributed by atoms with Crippen LogP contribution in [0.25, 0.3) is 0 Å². The average Bonchev–Trinajstić information content (AvgIpc) is 2.79. The minimum Gasteiger partial charge on any atom is -1.00 e. The minimum atomic E-state index is 0. The third kappa shape index (κ3) is 5.63. The van der Waals surface area contributed by atoms with Crippen LogP contribution in [0, 0.1) is 0 Å². The fourth-order valence-electron chi connectivity index (χ4n) is 2.65. The van der Waals surface area contributed by atoms with E-state index in [1.165, 1.54) is 31.4 Å². The van der Waals surface area contributed by atoms with Gasteiger partial charge in [-0.3, -0.25) is 0 Å². The summed E-state index contributed by atoms with van der Waals surface area (Å²) in [5, 5.41) is 0. The Hall–Kier alpha value is 0.604. The van der Waals surface area contributed by atoms with Crippen LogP contribution in [0.3, 0.4) is 0 Å². The van der Waals surface area contributed by atoms with Crippen molar-refractivity contribution < 1.29 is 45.2 Å². The van der Waals surface area contributed by atoms with E-state index in [1.54, 1.807) is 15.0 Å². The number of unbranched alkanes of at least 4 members (excludes halogenated alkanes) is 1. The zero-order valence-electron chi connectivity index (χ0n) is 12.8. The molecule has 0 nitrogen and oxygen atoms in total. The third-order valence-corrected chi connectivity index (χ3v) is 6.53. The molecule has 1 unspecified atom stereocenters. The first kappa shape index (κ1) is 21.6. The van der Waals surface area contributed by atoms with Crippen molar-refractivity contribution in [1.82, 2.24) is 0 Å². The van der Waals surface area contributed by atoms with Gasteiger partial charge in [-0.15, -0.1) is 0 Å². The fraction of sp³-hybridized carbons (Fsp3) is 0.529. The molecule has 0 saturated heterocycles. The van der Waals surface area contributed by atoms with Crippen molar-refractivity contribution in [3.05, 3.63) is 45.4 Å². The summed E-state index contributed by atoms with van der Waals surface area (Å²) in [6.07, 6.45) is 17.7. The average molecular weight is 378 g/mol. The number of halogens is 2. The number of hydrogen-bond donors (Lipinski definition) is 0. The summed E-state index contributed by atoms with van der Waals surface area (Å²) in [4.78, 5) is 0. The van der Waals surface area contributed by atoms with Gasteiger partial charge in [0, 0.05) is 0 Å². The smallest absolute Gasteiger partial charge is 1.00 e. The molecule has 2 aliphatic rings. The Kier molecular flexibility index (Phi) is 10.7. The molecule has 0 N–H and O–H groups in total. The number of rotatable bonds is 6. The van der Waals surface area contributed by atoms with Crippen molar-refractivity contribution in [2.75, 3.05) is 5.75 Å². The minimum absolute atomic E-state index is 0. The summed E-state index contributed by atoms with van der Waals surface area (Å²) in [5.74, 6) is 1.28. The van der Waals surface area contributed by atoms with Crippen LogP contribution >= 0.6 is 11.8 Å². The van der Waals surface area contributed by atoms with Crippen molar-refractivity contribution in [3.63, 3.8) is 0 Å². The van der Waals surface area contributed by atoms with Crippen LogP contribution < -0.4 is 24.8 Å². The largest absolute Gasteiger partial charge is 1.00 e. The summed E-state index contributed by atoms with van der Waals surface area (Å²) < 4.78 is 1.88. The molecular formula is C17H23Cl2STi. The van der Waals surface area contributed by atoms with E-state index in [4.69, 9.17) is 0 Å². The zero-order chi connectivity index (χ0) is 13.7. The van der Waals surface area contributed by atoms with Gasteiger partial charge in [0.2, 0.25) is 0 Å². The van der Waals surface area contributed by atoms with Crippen LogP contribution in [-0.4, -0.2) is 10.5 Å². The standard InChI is InChI=1S/C17H23S.2ClH.Ti/c1-3-4-13-18-17(12-8-7-9-15(17)2)14-16-10-5-6-11-16;;;/h5,7-10H,3-4,6,12-14H2,1-2H3;2*1H;/q;;;+2/p-2. The molecule has 0 spiro atoms. The number of thioether (sulfide) groups is 1.